The van der Waals surface area contributed by atoms with E-state index in [0.29, 0.717) is 0 Å². The van der Waals surface area contributed by atoms with Crippen LogP contribution >= 0.6 is 34.4 Å². The Hall–Kier alpha value is -0.620. The summed E-state index contributed by atoms with van der Waals surface area (Å²) in [5.41, 5.74) is 1.17. The molecule has 0 spiro atoms. The lowest BCUT2D eigenvalue weighted by Crippen LogP contribution is -1.85. The second-order valence-electron chi connectivity index (χ2n) is 3.49. The van der Waals surface area contributed by atoms with Crippen molar-refractivity contribution in [2.45, 2.75) is 10.6 Å². The number of thioether (sulfide) groups is 1. The fourth-order valence-corrected chi connectivity index (χ4v) is 2.55. The molecular weight excluding hydrogens is 353 g/mol. The molecule has 0 saturated carbocycles. The summed E-state index contributed by atoms with van der Waals surface area (Å²) in [4.78, 5) is 0.738. The third-order valence-corrected chi connectivity index (χ3v) is 3.99. The highest BCUT2D eigenvalue weighted by atomic mass is 127. The van der Waals surface area contributed by atoms with Crippen molar-refractivity contribution >= 4 is 34.4 Å². The van der Waals surface area contributed by atoms with E-state index in [9.17, 15) is 8.78 Å². The molecule has 0 aromatic heterocycles. The number of hydrogen-bond acceptors (Lipinski definition) is 1. The highest BCUT2D eigenvalue weighted by Gasteiger charge is 2.03. The van der Waals surface area contributed by atoms with Crippen LogP contribution < -0.4 is 0 Å². The van der Waals surface area contributed by atoms with Crippen LogP contribution in [0.5, 0.6) is 0 Å². The SMILES string of the molecule is Fc1ccc(SCc2ccc(I)cc2)cc1F. The largest absolute Gasteiger partial charge is 0.204 e. The molecular formula is C13H9F2IS. The summed E-state index contributed by atoms with van der Waals surface area (Å²) in [6.07, 6.45) is 0. The zero-order valence-corrected chi connectivity index (χ0v) is 11.8. The predicted molar refractivity (Wildman–Crippen MR) is 75.1 cm³/mol. The van der Waals surface area contributed by atoms with Crippen molar-refractivity contribution in [3.63, 3.8) is 0 Å². The van der Waals surface area contributed by atoms with E-state index in [-0.39, 0.29) is 0 Å². The monoisotopic (exact) mass is 362 g/mol. The van der Waals surface area contributed by atoms with Crippen LogP contribution in [0.15, 0.2) is 47.4 Å². The Balaban J connectivity index is 2.02. The molecule has 4 heteroatoms. The zero-order chi connectivity index (χ0) is 12.3. The molecule has 0 aliphatic carbocycles. The van der Waals surface area contributed by atoms with Crippen LogP contribution in [0.2, 0.25) is 0 Å². The van der Waals surface area contributed by atoms with Crippen LogP contribution in [0, 0.1) is 15.2 Å². The summed E-state index contributed by atoms with van der Waals surface area (Å²) in [5, 5.41) is 0. The molecule has 0 bridgehead atoms. The topological polar surface area (TPSA) is 0 Å². The molecule has 0 nitrogen and oxygen atoms in total. The van der Waals surface area contributed by atoms with Crippen LogP contribution in [-0.2, 0) is 5.75 Å². The molecule has 0 saturated heterocycles. The molecule has 0 atom stereocenters. The minimum absolute atomic E-state index is 0.738. The normalized spacial score (nSPS) is 10.5. The lowest BCUT2D eigenvalue weighted by Gasteiger charge is -2.03. The van der Waals surface area contributed by atoms with E-state index in [0.717, 1.165) is 16.7 Å². The number of benzene rings is 2. The van der Waals surface area contributed by atoms with E-state index in [2.05, 4.69) is 22.6 Å². The second kappa shape index (κ2) is 5.82. The standard InChI is InChI=1S/C13H9F2IS/c14-12-6-5-11(7-13(12)15)17-8-9-1-3-10(16)4-2-9/h1-7H,8H2. The minimum atomic E-state index is -0.802. The Morgan fingerprint density at radius 2 is 1.65 bits per heavy atom. The van der Waals surface area contributed by atoms with Gasteiger partial charge in [0.05, 0.1) is 0 Å². The van der Waals surface area contributed by atoms with Crippen LogP contribution in [0.25, 0.3) is 0 Å². The molecule has 0 aliphatic heterocycles. The van der Waals surface area contributed by atoms with Crippen LogP contribution in [0.1, 0.15) is 5.56 Å². The van der Waals surface area contributed by atoms with Gasteiger partial charge in [0, 0.05) is 14.2 Å². The van der Waals surface area contributed by atoms with Gasteiger partial charge in [0.25, 0.3) is 0 Å². The summed E-state index contributed by atoms with van der Waals surface area (Å²) >= 11 is 3.74. The summed E-state index contributed by atoms with van der Waals surface area (Å²) in [5.74, 6) is -0.844. The van der Waals surface area contributed by atoms with Gasteiger partial charge in [-0.2, -0.15) is 0 Å². The van der Waals surface area contributed by atoms with E-state index in [1.165, 1.54) is 27.0 Å². The van der Waals surface area contributed by atoms with Gasteiger partial charge in [-0.1, -0.05) is 12.1 Å². The van der Waals surface area contributed by atoms with Crippen molar-refractivity contribution in [2.75, 3.05) is 0 Å². The Kier molecular flexibility index (Phi) is 4.39. The molecule has 0 radical (unpaired) electrons. The van der Waals surface area contributed by atoms with Gasteiger partial charge in [0.1, 0.15) is 0 Å². The first-order valence-electron chi connectivity index (χ1n) is 4.97. The Morgan fingerprint density at radius 1 is 0.941 bits per heavy atom. The molecule has 0 amide bonds. The molecule has 2 aromatic carbocycles. The molecule has 0 N–H and O–H groups in total. The maximum Gasteiger partial charge on any atom is 0.159 e. The Bertz CT molecular complexity index is 511. The molecule has 88 valence electrons. The summed E-state index contributed by atoms with van der Waals surface area (Å²) in [7, 11) is 0. The van der Waals surface area contributed by atoms with Crippen molar-refractivity contribution in [3.8, 4) is 0 Å². The lowest BCUT2D eigenvalue weighted by atomic mass is 10.2. The molecule has 0 unspecified atom stereocenters. The quantitative estimate of drug-likeness (QED) is 0.555. The van der Waals surface area contributed by atoms with Gasteiger partial charge in [-0.3, -0.25) is 0 Å². The van der Waals surface area contributed by atoms with Gasteiger partial charge in [-0.25, -0.2) is 8.78 Å². The number of halogens is 3. The minimum Gasteiger partial charge on any atom is -0.204 e. The summed E-state index contributed by atoms with van der Waals surface area (Å²) in [6, 6.07) is 12.1. The Morgan fingerprint density at radius 3 is 2.29 bits per heavy atom. The van der Waals surface area contributed by atoms with Crippen molar-refractivity contribution in [1.82, 2.24) is 0 Å². The van der Waals surface area contributed by atoms with Gasteiger partial charge in [-0.05, 0) is 58.5 Å². The van der Waals surface area contributed by atoms with Crippen molar-refractivity contribution < 1.29 is 8.78 Å². The number of rotatable bonds is 3. The third-order valence-electron chi connectivity index (χ3n) is 2.21. The van der Waals surface area contributed by atoms with Crippen molar-refractivity contribution in [2.24, 2.45) is 0 Å². The molecule has 2 rings (SSSR count). The molecule has 2 aromatic rings. The molecule has 0 aliphatic rings. The first kappa shape index (κ1) is 12.8. The average Bonchev–Trinajstić information content (AvgIpc) is 2.33. The fraction of sp³-hybridized carbons (Fsp3) is 0.0769. The first-order valence-corrected chi connectivity index (χ1v) is 7.04. The molecule has 0 fully saturated rings. The van der Waals surface area contributed by atoms with Gasteiger partial charge >= 0.3 is 0 Å². The smallest absolute Gasteiger partial charge is 0.159 e. The van der Waals surface area contributed by atoms with Gasteiger partial charge in [-0.15, -0.1) is 11.8 Å². The van der Waals surface area contributed by atoms with E-state index in [1.54, 1.807) is 6.07 Å². The van der Waals surface area contributed by atoms with Crippen LogP contribution in [0.3, 0.4) is 0 Å². The highest BCUT2D eigenvalue weighted by molar-refractivity contribution is 14.1. The van der Waals surface area contributed by atoms with Gasteiger partial charge < -0.3 is 0 Å². The molecule has 17 heavy (non-hydrogen) atoms. The van der Waals surface area contributed by atoms with Gasteiger partial charge in [0.15, 0.2) is 11.6 Å². The number of hydrogen-bond donors (Lipinski definition) is 0. The fourth-order valence-electron chi connectivity index (χ4n) is 1.31. The van der Waals surface area contributed by atoms with Gasteiger partial charge in [0.2, 0.25) is 0 Å². The lowest BCUT2D eigenvalue weighted by molar-refractivity contribution is 0.506. The van der Waals surface area contributed by atoms with Crippen LogP contribution in [0.4, 0.5) is 8.78 Å². The average molecular weight is 362 g/mol. The van der Waals surface area contributed by atoms with E-state index >= 15 is 0 Å². The highest BCUT2D eigenvalue weighted by Crippen LogP contribution is 2.24. The maximum atomic E-state index is 13.0. The van der Waals surface area contributed by atoms with Crippen molar-refractivity contribution in [3.05, 3.63) is 63.2 Å². The summed E-state index contributed by atoms with van der Waals surface area (Å²) in [6.45, 7) is 0. The zero-order valence-electron chi connectivity index (χ0n) is 8.79. The second-order valence-corrected chi connectivity index (χ2v) is 5.79. The maximum absolute atomic E-state index is 13.0. The first-order chi connectivity index (χ1) is 8.15. The Labute approximate surface area is 117 Å². The third kappa shape index (κ3) is 3.67. The molecule has 0 heterocycles. The predicted octanol–water partition coefficient (Wildman–Crippen LogP) is 4.86. The van der Waals surface area contributed by atoms with E-state index < -0.39 is 11.6 Å². The summed E-state index contributed by atoms with van der Waals surface area (Å²) < 4.78 is 26.9. The van der Waals surface area contributed by atoms with E-state index in [4.69, 9.17) is 0 Å². The van der Waals surface area contributed by atoms with Crippen molar-refractivity contribution in [1.29, 1.82) is 0 Å². The van der Waals surface area contributed by atoms with E-state index in [1.807, 2.05) is 24.3 Å². The van der Waals surface area contributed by atoms with Crippen LogP contribution in [-0.4, -0.2) is 0 Å².